The van der Waals surface area contributed by atoms with Gasteiger partial charge in [0.05, 0.1) is 42.3 Å². The van der Waals surface area contributed by atoms with Gasteiger partial charge in [0.2, 0.25) is 0 Å². The number of anilines is 1. The number of benzene rings is 2. The van der Waals surface area contributed by atoms with Crippen molar-refractivity contribution < 1.29 is 37.4 Å². The summed E-state index contributed by atoms with van der Waals surface area (Å²) in [7, 11) is 2.59. The minimum absolute atomic E-state index is 0.0109. The van der Waals surface area contributed by atoms with Crippen molar-refractivity contribution in [1.29, 1.82) is 0 Å². The first-order valence-corrected chi connectivity index (χ1v) is 10.4. The summed E-state index contributed by atoms with van der Waals surface area (Å²) < 4.78 is 44.0. The quantitative estimate of drug-likeness (QED) is 0.277. The summed E-state index contributed by atoms with van der Waals surface area (Å²) in [5.41, 5.74) is -0.951. The van der Waals surface area contributed by atoms with Crippen LogP contribution in [0.2, 0.25) is 10.0 Å². The molecule has 0 bridgehead atoms. The van der Waals surface area contributed by atoms with Gasteiger partial charge in [0.15, 0.2) is 11.5 Å². The van der Waals surface area contributed by atoms with Crippen molar-refractivity contribution in [2.24, 2.45) is 0 Å². The van der Waals surface area contributed by atoms with E-state index in [-0.39, 0.29) is 38.6 Å². The molecule has 1 fully saturated rings. The molecular weight excluding hydrogens is 495 g/mol. The summed E-state index contributed by atoms with van der Waals surface area (Å²) >= 11 is 12.5. The Morgan fingerprint density at radius 3 is 2.38 bits per heavy atom. The Hall–Kier alpha value is -3.56. The number of aliphatic hydroxyl groups is 1. The number of ether oxygens (including phenoxy) is 2. The standard InChI is InChI=1S/C23H15Cl2F2NO6/c1-32-21-11(9-12(24)22(33-2)17(21)25)19(29)16-18(15-4-3-7-34-15)28(23(31)20(16)30)14-6-5-10(26)8-13(14)27/h3-9,18,29H,1-2H3/b19-16-. The molecule has 2 aromatic carbocycles. The van der Waals surface area contributed by atoms with Crippen molar-refractivity contribution in [3.05, 3.63) is 81.2 Å². The van der Waals surface area contributed by atoms with Crippen LogP contribution in [0.15, 0.2) is 52.7 Å². The molecule has 0 saturated carbocycles. The number of rotatable bonds is 5. The fourth-order valence-electron chi connectivity index (χ4n) is 3.77. The van der Waals surface area contributed by atoms with E-state index in [4.69, 9.17) is 37.1 Å². The molecule has 3 aromatic rings. The average molecular weight is 510 g/mol. The second-order valence-corrected chi connectivity index (χ2v) is 7.85. The van der Waals surface area contributed by atoms with Crippen LogP contribution in [0.4, 0.5) is 14.5 Å². The van der Waals surface area contributed by atoms with E-state index >= 15 is 0 Å². The summed E-state index contributed by atoms with van der Waals surface area (Å²) in [4.78, 5) is 26.9. The topological polar surface area (TPSA) is 89.2 Å². The number of Topliss-reactive ketones (excluding diaryl/α,β-unsaturated/α-hetero) is 1. The molecular formula is C23H15Cl2F2NO6. The number of hydrogen-bond donors (Lipinski definition) is 1. The first kappa shape index (κ1) is 23.6. The minimum atomic E-state index is -1.39. The molecule has 1 atom stereocenters. The van der Waals surface area contributed by atoms with Crippen LogP contribution in [0.1, 0.15) is 17.4 Å². The molecule has 1 aromatic heterocycles. The molecule has 1 aliphatic rings. The third kappa shape index (κ3) is 3.66. The van der Waals surface area contributed by atoms with Crippen LogP contribution < -0.4 is 14.4 Å². The van der Waals surface area contributed by atoms with Gasteiger partial charge < -0.3 is 19.0 Å². The number of amides is 1. The number of methoxy groups -OCH3 is 2. The van der Waals surface area contributed by atoms with E-state index < -0.39 is 40.7 Å². The van der Waals surface area contributed by atoms with Crippen molar-refractivity contribution in [2.75, 3.05) is 19.1 Å². The summed E-state index contributed by atoms with van der Waals surface area (Å²) in [5, 5.41) is 11.1. The third-order valence-electron chi connectivity index (χ3n) is 5.22. The Kier molecular flexibility index (Phi) is 6.24. The normalized spacial score (nSPS) is 17.4. The van der Waals surface area contributed by atoms with E-state index in [2.05, 4.69) is 0 Å². The largest absolute Gasteiger partial charge is 0.507 e. The minimum Gasteiger partial charge on any atom is -0.507 e. The van der Waals surface area contributed by atoms with Crippen LogP contribution in [-0.4, -0.2) is 31.0 Å². The number of ketones is 1. The maximum absolute atomic E-state index is 14.7. The fourth-order valence-corrected chi connectivity index (χ4v) is 4.45. The van der Waals surface area contributed by atoms with Gasteiger partial charge in [-0.25, -0.2) is 8.78 Å². The van der Waals surface area contributed by atoms with Gasteiger partial charge in [-0.15, -0.1) is 0 Å². The predicted molar refractivity (Wildman–Crippen MR) is 119 cm³/mol. The lowest BCUT2D eigenvalue weighted by atomic mass is 9.98. The van der Waals surface area contributed by atoms with E-state index in [1.54, 1.807) is 0 Å². The highest BCUT2D eigenvalue weighted by Gasteiger charge is 2.49. The zero-order valence-corrected chi connectivity index (χ0v) is 19.1. The van der Waals surface area contributed by atoms with Crippen molar-refractivity contribution >= 4 is 46.3 Å². The molecule has 0 aliphatic carbocycles. The molecule has 1 N–H and O–H groups in total. The molecule has 4 rings (SSSR count). The maximum Gasteiger partial charge on any atom is 0.300 e. The number of nitrogens with zero attached hydrogens (tertiary/aromatic N) is 1. The van der Waals surface area contributed by atoms with Gasteiger partial charge in [-0.05, 0) is 30.3 Å². The summed E-state index contributed by atoms with van der Waals surface area (Å²) in [5.74, 6) is -4.97. The predicted octanol–water partition coefficient (Wildman–Crippen LogP) is 5.51. The lowest BCUT2D eigenvalue weighted by molar-refractivity contribution is -0.132. The summed E-state index contributed by atoms with van der Waals surface area (Å²) in [6.07, 6.45) is 1.28. The van der Waals surface area contributed by atoms with Crippen LogP contribution in [-0.2, 0) is 9.59 Å². The zero-order valence-electron chi connectivity index (χ0n) is 17.6. The van der Waals surface area contributed by atoms with Crippen LogP contribution in [0.5, 0.6) is 11.5 Å². The number of carbonyl (C=O) groups is 2. The zero-order chi connectivity index (χ0) is 24.7. The molecule has 1 unspecified atom stereocenters. The Morgan fingerprint density at radius 2 is 1.79 bits per heavy atom. The van der Waals surface area contributed by atoms with Crippen LogP contribution in [0, 0.1) is 11.6 Å². The van der Waals surface area contributed by atoms with Crippen LogP contribution in [0.25, 0.3) is 5.76 Å². The van der Waals surface area contributed by atoms with E-state index in [0.29, 0.717) is 6.07 Å². The molecule has 1 amide bonds. The van der Waals surface area contributed by atoms with E-state index in [1.165, 1.54) is 38.7 Å². The first-order valence-electron chi connectivity index (χ1n) is 9.61. The van der Waals surface area contributed by atoms with E-state index in [1.807, 2.05) is 0 Å². The Labute approximate surface area is 201 Å². The highest BCUT2D eigenvalue weighted by atomic mass is 35.5. The van der Waals surface area contributed by atoms with E-state index in [0.717, 1.165) is 17.0 Å². The van der Waals surface area contributed by atoms with Crippen molar-refractivity contribution in [3.63, 3.8) is 0 Å². The second kappa shape index (κ2) is 9.00. The molecule has 2 heterocycles. The van der Waals surface area contributed by atoms with Crippen LogP contribution >= 0.6 is 23.2 Å². The number of aliphatic hydroxyl groups excluding tert-OH is 1. The lowest BCUT2D eigenvalue weighted by Crippen LogP contribution is -2.30. The molecule has 1 aliphatic heterocycles. The maximum atomic E-state index is 14.7. The molecule has 1 saturated heterocycles. The number of halogens is 4. The van der Waals surface area contributed by atoms with Gasteiger partial charge in [-0.1, -0.05) is 23.2 Å². The monoisotopic (exact) mass is 509 g/mol. The van der Waals surface area contributed by atoms with Crippen molar-refractivity contribution in [3.8, 4) is 11.5 Å². The molecule has 176 valence electrons. The Bertz CT molecular complexity index is 1340. The highest BCUT2D eigenvalue weighted by Crippen LogP contribution is 2.48. The van der Waals surface area contributed by atoms with Crippen LogP contribution in [0.3, 0.4) is 0 Å². The van der Waals surface area contributed by atoms with Crippen molar-refractivity contribution in [2.45, 2.75) is 6.04 Å². The number of hydrogen-bond acceptors (Lipinski definition) is 6. The Balaban J connectivity index is 2.00. The van der Waals surface area contributed by atoms with Gasteiger partial charge in [-0.3, -0.25) is 14.5 Å². The molecule has 34 heavy (non-hydrogen) atoms. The van der Waals surface area contributed by atoms with Gasteiger partial charge >= 0.3 is 0 Å². The van der Waals surface area contributed by atoms with Gasteiger partial charge in [0, 0.05) is 6.07 Å². The van der Waals surface area contributed by atoms with Crippen molar-refractivity contribution in [1.82, 2.24) is 0 Å². The van der Waals surface area contributed by atoms with E-state index in [9.17, 15) is 23.5 Å². The molecule has 11 heteroatoms. The number of carbonyl (C=O) groups excluding carboxylic acids is 2. The fraction of sp³-hybridized carbons (Fsp3) is 0.130. The molecule has 7 nitrogen and oxygen atoms in total. The third-order valence-corrected chi connectivity index (χ3v) is 5.85. The van der Waals surface area contributed by atoms with Gasteiger partial charge in [0.25, 0.3) is 11.7 Å². The van der Waals surface area contributed by atoms with Gasteiger partial charge in [0.1, 0.15) is 34.2 Å². The molecule has 0 radical (unpaired) electrons. The Morgan fingerprint density at radius 1 is 1.09 bits per heavy atom. The average Bonchev–Trinajstić information content (AvgIpc) is 3.41. The summed E-state index contributed by atoms with van der Waals surface area (Å²) in [6, 6.07) is 5.28. The lowest BCUT2D eigenvalue weighted by Gasteiger charge is -2.24. The smallest absolute Gasteiger partial charge is 0.300 e. The second-order valence-electron chi connectivity index (χ2n) is 7.07. The SMILES string of the molecule is COc1c(Cl)cc(/C(O)=C2/C(=O)C(=O)N(c3ccc(F)cc3F)C2c2ccco2)c(OC)c1Cl. The molecule has 0 spiro atoms. The first-order chi connectivity index (χ1) is 16.2. The van der Waals surface area contributed by atoms with Gasteiger partial charge in [-0.2, -0.15) is 0 Å². The highest BCUT2D eigenvalue weighted by molar-refractivity contribution is 6.52. The number of furan rings is 1. The summed E-state index contributed by atoms with van der Waals surface area (Å²) in [6.45, 7) is 0.